The van der Waals surface area contributed by atoms with Crippen LogP contribution in [-0.2, 0) is 10.0 Å². The summed E-state index contributed by atoms with van der Waals surface area (Å²) in [5, 5.41) is 2.81. The first-order valence-electron chi connectivity index (χ1n) is 10.6. The maximum absolute atomic E-state index is 13.3. The van der Waals surface area contributed by atoms with Gasteiger partial charge in [-0.3, -0.25) is 4.79 Å². The van der Waals surface area contributed by atoms with Crippen LogP contribution in [0.3, 0.4) is 0 Å². The number of halogens is 1. The topological polar surface area (TPSA) is 83.8 Å². The number of carbonyl (C=O) groups excluding carboxylic acids is 1. The molecule has 0 unspecified atom stereocenters. The zero-order valence-corrected chi connectivity index (χ0v) is 19.5. The zero-order chi connectivity index (χ0) is 23.8. The van der Waals surface area contributed by atoms with E-state index in [0.717, 1.165) is 24.3 Å². The molecule has 1 fully saturated rings. The number of carbonyl (C=O) groups is 1. The number of aromatic nitrogens is 1. The predicted molar refractivity (Wildman–Crippen MR) is 126 cm³/mol. The van der Waals surface area contributed by atoms with Crippen LogP contribution in [0.2, 0.25) is 0 Å². The van der Waals surface area contributed by atoms with Crippen molar-refractivity contribution in [3.05, 3.63) is 77.4 Å². The SMILES string of the molecule is Cc1cc(C(=O)Nc2ccc(S(=O)(=O)/N=C3\CCCN3C)cc2)c(C)n1-c1ccc(F)cc1. The number of rotatable bonds is 5. The Morgan fingerprint density at radius 2 is 1.73 bits per heavy atom. The third-order valence-corrected chi connectivity index (χ3v) is 7.05. The number of likely N-dealkylation sites (tertiary alicyclic amines) is 1. The van der Waals surface area contributed by atoms with Crippen LogP contribution in [0.25, 0.3) is 5.69 Å². The Hall–Kier alpha value is -3.46. The molecule has 2 heterocycles. The average Bonchev–Trinajstić information content (AvgIpc) is 3.30. The van der Waals surface area contributed by atoms with Crippen molar-refractivity contribution in [2.75, 3.05) is 18.9 Å². The fraction of sp³-hybridized carbons (Fsp3) is 0.250. The first-order chi connectivity index (χ1) is 15.7. The molecule has 0 saturated carbocycles. The Bertz CT molecular complexity index is 1330. The second-order valence-electron chi connectivity index (χ2n) is 8.08. The molecule has 1 aliphatic heterocycles. The van der Waals surface area contributed by atoms with Gasteiger partial charge < -0.3 is 14.8 Å². The van der Waals surface area contributed by atoms with Gasteiger partial charge in [0.2, 0.25) is 0 Å². The number of hydrogen-bond donors (Lipinski definition) is 1. The molecular weight excluding hydrogens is 443 g/mol. The highest BCUT2D eigenvalue weighted by atomic mass is 32.2. The Labute approximate surface area is 192 Å². The van der Waals surface area contributed by atoms with Crippen molar-refractivity contribution in [2.24, 2.45) is 4.40 Å². The van der Waals surface area contributed by atoms with E-state index in [2.05, 4.69) is 9.71 Å². The van der Waals surface area contributed by atoms with Gasteiger partial charge in [0, 0.05) is 42.8 Å². The lowest BCUT2D eigenvalue weighted by Crippen LogP contribution is -2.20. The van der Waals surface area contributed by atoms with E-state index in [-0.39, 0.29) is 16.6 Å². The number of hydrogen-bond acceptors (Lipinski definition) is 3. The van der Waals surface area contributed by atoms with Gasteiger partial charge >= 0.3 is 0 Å². The standard InChI is InChI=1S/C24H25FN4O3S/c1-16-15-22(17(2)29(16)20-10-6-18(25)7-11-20)24(30)26-19-8-12-21(13-9-19)33(31,32)27-23-5-4-14-28(23)3/h6-13,15H,4-5,14H2,1-3H3,(H,26,30)/b27-23+. The molecule has 1 amide bonds. The third kappa shape index (κ3) is 4.68. The summed E-state index contributed by atoms with van der Waals surface area (Å²) in [6.07, 6.45) is 1.53. The Balaban J connectivity index is 1.53. The lowest BCUT2D eigenvalue weighted by atomic mass is 10.2. The predicted octanol–water partition coefficient (Wildman–Crippen LogP) is 4.30. The van der Waals surface area contributed by atoms with E-state index in [9.17, 15) is 17.6 Å². The second kappa shape index (κ2) is 8.82. The quantitative estimate of drug-likeness (QED) is 0.605. The summed E-state index contributed by atoms with van der Waals surface area (Å²) in [7, 11) is -1.99. The Morgan fingerprint density at radius 3 is 2.33 bits per heavy atom. The van der Waals surface area contributed by atoms with Crippen molar-refractivity contribution in [1.29, 1.82) is 0 Å². The summed E-state index contributed by atoms with van der Waals surface area (Å²) in [5.41, 5.74) is 3.25. The van der Waals surface area contributed by atoms with Crippen LogP contribution in [0, 0.1) is 19.7 Å². The van der Waals surface area contributed by atoms with E-state index in [1.54, 1.807) is 30.3 Å². The molecule has 1 aromatic heterocycles. The van der Waals surface area contributed by atoms with Crippen molar-refractivity contribution in [3.8, 4) is 5.69 Å². The average molecular weight is 469 g/mol. The molecule has 1 N–H and O–H groups in total. The third-order valence-electron chi connectivity index (χ3n) is 5.73. The van der Waals surface area contributed by atoms with E-state index in [1.165, 1.54) is 24.3 Å². The molecule has 9 heteroatoms. The van der Waals surface area contributed by atoms with Crippen molar-refractivity contribution in [3.63, 3.8) is 0 Å². The summed E-state index contributed by atoms with van der Waals surface area (Å²) in [6, 6.07) is 13.8. The monoisotopic (exact) mass is 468 g/mol. The van der Waals surface area contributed by atoms with Crippen molar-refractivity contribution < 1.29 is 17.6 Å². The molecule has 0 atom stereocenters. The van der Waals surface area contributed by atoms with Gasteiger partial charge in [0.15, 0.2) is 0 Å². The van der Waals surface area contributed by atoms with Gasteiger partial charge in [0.1, 0.15) is 11.7 Å². The van der Waals surface area contributed by atoms with Crippen molar-refractivity contribution >= 4 is 27.5 Å². The molecule has 0 bridgehead atoms. The molecule has 1 saturated heterocycles. The molecule has 2 aromatic carbocycles. The highest BCUT2D eigenvalue weighted by Crippen LogP contribution is 2.23. The number of nitrogens with one attached hydrogen (secondary N) is 1. The molecular formula is C24H25FN4O3S. The summed E-state index contributed by atoms with van der Waals surface area (Å²) < 4.78 is 44.3. The van der Waals surface area contributed by atoms with Gasteiger partial charge in [-0.15, -0.1) is 4.40 Å². The molecule has 7 nitrogen and oxygen atoms in total. The van der Waals surface area contributed by atoms with Gasteiger partial charge in [-0.05, 0) is 74.9 Å². The maximum atomic E-state index is 13.3. The number of sulfonamides is 1. The summed E-state index contributed by atoms with van der Waals surface area (Å²) in [4.78, 5) is 14.8. The molecule has 4 rings (SSSR count). The highest BCUT2D eigenvalue weighted by Gasteiger charge is 2.21. The molecule has 0 radical (unpaired) electrons. The van der Waals surface area contributed by atoms with E-state index in [1.807, 2.05) is 30.4 Å². The van der Waals surface area contributed by atoms with Gasteiger partial charge in [-0.2, -0.15) is 8.42 Å². The number of aryl methyl sites for hydroxylation is 1. The molecule has 0 aliphatic carbocycles. The number of amides is 1. The van der Waals surface area contributed by atoms with E-state index >= 15 is 0 Å². The van der Waals surface area contributed by atoms with Gasteiger partial charge in [-0.25, -0.2) is 4.39 Å². The molecule has 0 spiro atoms. The van der Waals surface area contributed by atoms with Crippen molar-refractivity contribution in [1.82, 2.24) is 9.47 Å². The van der Waals surface area contributed by atoms with Crippen molar-refractivity contribution in [2.45, 2.75) is 31.6 Å². The summed E-state index contributed by atoms with van der Waals surface area (Å²) in [5.74, 6) is -0.0879. The lowest BCUT2D eigenvalue weighted by molar-refractivity contribution is 0.102. The van der Waals surface area contributed by atoms with E-state index in [0.29, 0.717) is 29.2 Å². The summed E-state index contributed by atoms with van der Waals surface area (Å²) in [6.45, 7) is 4.48. The van der Waals surface area contributed by atoms with Crippen LogP contribution >= 0.6 is 0 Å². The largest absolute Gasteiger partial charge is 0.362 e. The number of nitrogens with zero attached hydrogens (tertiary/aromatic N) is 3. The fourth-order valence-electron chi connectivity index (χ4n) is 3.99. The Morgan fingerprint density at radius 1 is 1.06 bits per heavy atom. The molecule has 1 aliphatic rings. The maximum Gasteiger partial charge on any atom is 0.283 e. The lowest BCUT2D eigenvalue weighted by Gasteiger charge is -2.11. The minimum absolute atomic E-state index is 0.0720. The normalized spacial score (nSPS) is 15.3. The van der Waals surface area contributed by atoms with Crippen LogP contribution in [0.1, 0.15) is 34.6 Å². The van der Waals surface area contributed by atoms with E-state index < -0.39 is 10.0 Å². The van der Waals surface area contributed by atoms with Crippen LogP contribution in [0.15, 0.2) is 63.9 Å². The van der Waals surface area contributed by atoms with Crippen LogP contribution in [0.5, 0.6) is 0 Å². The van der Waals surface area contributed by atoms with Gasteiger partial charge in [0.25, 0.3) is 15.9 Å². The zero-order valence-electron chi connectivity index (χ0n) is 18.7. The van der Waals surface area contributed by atoms with Crippen LogP contribution in [-0.4, -0.2) is 43.2 Å². The molecule has 172 valence electrons. The minimum Gasteiger partial charge on any atom is -0.362 e. The minimum atomic E-state index is -3.81. The van der Waals surface area contributed by atoms with E-state index in [4.69, 9.17) is 0 Å². The number of benzene rings is 2. The number of amidine groups is 1. The van der Waals surface area contributed by atoms with Crippen LogP contribution in [0.4, 0.5) is 10.1 Å². The first kappa shape index (κ1) is 22.7. The number of anilines is 1. The summed E-state index contributed by atoms with van der Waals surface area (Å²) >= 11 is 0. The smallest absolute Gasteiger partial charge is 0.283 e. The van der Waals surface area contributed by atoms with Gasteiger partial charge in [0.05, 0.1) is 10.5 Å². The van der Waals surface area contributed by atoms with Crippen LogP contribution < -0.4 is 5.32 Å². The second-order valence-corrected chi connectivity index (χ2v) is 9.69. The fourth-order valence-corrected chi connectivity index (χ4v) is 5.08. The Kier molecular flexibility index (Phi) is 6.07. The molecule has 33 heavy (non-hydrogen) atoms. The first-order valence-corrected chi connectivity index (χ1v) is 12.0. The van der Waals surface area contributed by atoms with Gasteiger partial charge in [-0.1, -0.05) is 0 Å². The molecule has 3 aromatic rings. The highest BCUT2D eigenvalue weighted by molar-refractivity contribution is 7.90.